The molecule has 3 heteroatoms. The van der Waals surface area contributed by atoms with Crippen LogP contribution in [0.4, 0.5) is 5.69 Å². The Balaban J connectivity index is 1.82. The van der Waals surface area contributed by atoms with Crippen LogP contribution in [0.25, 0.3) is 0 Å². The second-order valence-corrected chi connectivity index (χ2v) is 5.33. The van der Waals surface area contributed by atoms with Crippen LogP contribution in [0.1, 0.15) is 25.0 Å². The van der Waals surface area contributed by atoms with Crippen molar-refractivity contribution in [1.82, 2.24) is 4.90 Å². The molecule has 0 atom stereocenters. The lowest BCUT2D eigenvalue weighted by Gasteiger charge is -2.18. The smallest absolute Gasteiger partial charge is 0.0596 e. The van der Waals surface area contributed by atoms with Crippen LogP contribution in [0.3, 0.4) is 0 Å². The number of likely N-dealkylation sites (N-methyl/N-ethyl adjacent to an activating group) is 1. The molecule has 0 unspecified atom stereocenters. The fourth-order valence-corrected chi connectivity index (χ4v) is 2.27. The quantitative estimate of drug-likeness (QED) is 0.837. The monoisotopic (exact) mass is 248 g/mol. The topological polar surface area (TPSA) is 24.5 Å². The maximum atomic E-state index is 5.57. The molecule has 0 amide bonds. The molecule has 0 radical (unpaired) electrons. The SMILES string of the molecule is CC(C)OCCN(C)Cc1ccc2c(c1)NCC2. The van der Waals surface area contributed by atoms with Gasteiger partial charge in [0.2, 0.25) is 0 Å². The number of rotatable bonds is 6. The van der Waals surface area contributed by atoms with E-state index in [4.69, 9.17) is 4.74 Å². The summed E-state index contributed by atoms with van der Waals surface area (Å²) in [5.74, 6) is 0. The van der Waals surface area contributed by atoms with Crippen LogP contribution in [0.5, 0.6) is 0 Å². The third kappa shape index (κ3) is 3.72. The molecule has 18 heavy (non-hydrogen) atoms. The maximum Gasteiger partial charge on any atom is 0.0596 e. The van der Waals surface area contributed by atoms with E-state index in [2.05, 4.69) is 49.3 Å². The second-order valence-electron chi connectivity index (χ2n) is 5.33. The summed E-state index contributed by atoms with van der Waals surface area (Å²) < 4.78 is 5.57. The van der Waals surface area contributed by atoms with Crippen molar-refractivity contribution < 1.29 is 4.74 Å². The van der Waals surface area contributed by atoms with Crippen LogP contribution >= 0.6 is 0 Å². The van der Waals surface area contributed by atoms with Crippen molar-refractivity contribution in [2.24, 2.45) is 0 Å². The third-order valence-electron chi connectivity index (χ3n) is 3.26. The van der Waals surface area contributed by atoms with Crippen molar-refractivity contribution in [2.45, 2.75) is 32.9 Å². The van der Waals surface area contributed by atoms with E-state index in [9.17, 15) is 0 Å². The minimum Gasteiger partial charge on any atom is -0.384 e. The summed E-state index contributed by atoms with van der Waals surface area (Å²) in [5, 5.41) is 3.43. The van der Waals surface area contributed by atoms with Crippen molar-refractivity contribution in [2.75, 3.05) is 32.1 Å². The van der Waals surface area contributed by atoms with Gasteiger partial charge in [-0.1, -0.05) is 12.1 Å². The van der Waals surface area contributed by atoms with Gasteiger partial charge in [0, 0.05) is 25.3 Å². The Labute approximate surface area is 110 Å². The molecular weight excluding hydrogens is 224 g/mol. The Hall–Kier alpha value is -1.06. The van der Waals surface area contributed by atoms with Crippen molar-refractivity contribution in [1.29, 1.82) is 0 Å². The number of benzene rings is 1. The lowest BCUT2D eigenvalue weighted by molar-refractivity contribution is 0.0627. The summed E-state index contributed by atoms with van der Waals surface area (Å²) in [4.78, 5) is 2.30. The summed E-state index contributed by atoms with van der Waals surface area (Å²) in [6.45, 7) is 7.99. The zero-order valence-electron chi connectivity index (χ0n) is 11.7. The molecule has 1 N–H and O–H groups in total. The van der Waals surface area contributed by atoms with Crippen molar-refractivity contribution >= 4 is 5.69 Å². The van der Waals surface area contributed by atoms with E-state index >= 15 is 0 Å². The van der Waals surface area contributed by atoms with Crippen LogP contribution in [0, 0.1) is 0 Å². The second kappa shape index (κ2) is 6.21. The third-order valence-corrected chi connectivity index (χ3v) is 3.26. The predicted molar refractivity (Wildman–Crippen MR) is 76.1 cm³/mol. The largest absolute Gasteiger partial charge is 0.384 e. The number of nitrogens with one attached hydrogen (secondary N) is 1. The van der Waals surface area contributed by atoms with Gasteiger partial charge in [0.15, 0.2) is 0 Å². The van der Waals surface area contributed by atoms with E-state index in [0.29, 0.717) is 6.10 Å². The van der Waals surface area contributed by atoms with Gasteiger partial charge in [0.05, 0.1) is 12.7 Å². The number of fused-ring (bicyclic) bond motifs is 1. The first-order valence-electron chi connectivity index (χ1n) is 6.81. The van der Waals surface area contributed by atoms with Gasteiger partial charge >= 0.3 is 0 Å². The first kappa shape index (κ1) is 13.4. The van der Waals surface area contributed by atoms with Crippen LogP contribution < -0.4 is 5.32 Å². The van der Waals surface area contributed by atoms with Crippen LogP contribution in [0.2, 0.25) is 0 Å². The molecule has 0 aromatic heterocycles. The fourth-order valence-electron chi connectivity index (χ4n) is 2.27. The van der Waals surface area contributed by atoms with E-state index in [1.54, 1.807) is 0 Å². The number of ether oxygens (including phenoxy) is 1. The van der Waals surface area contributed by atoms with E-state index in [1.165, 1.54) is 16.8 Å². The number of hydrogen-bond acceptors (Lipinski definition) is 3. The van der Waals surface area contributed by atoms with Gasteiger partial charge in [0.25, 0.3) is 0 Å². The molecule has 1 aromatic rings. The van der Waals surface area contributed by atoms with Crippen molar-refractivity contribution in [3.8, 4) is 0 Å². The average molecular weight is 248 g/mol. The van der Waals surface area contributed by atoms with Crippen LogP contribution in [-0.4, -0.2) is 37.7 Å². The summed E-state index contributed by atoms with van der Waals surface area (Å²) >= 11 is 0. The first-order chi connectivity index (χ1) is 8.65. The summed E-state index contributed by atoms with van der Waals surface area (Å²) in [7, 11) is 2.14. The number of anilines is 1. The molecule has 0 fully saturated rings. The number of nitrogens with zero attached hydrogens (tertiary/aromatic N) is 1. The number of hydrogen-bond donors (Lipinski definition) is 1. The molecule has 1 heterocycles. The fraction of sp³-hybridized carbons (Fsp3) is 0.600. The van der Waals surface area contributed by atoms with Crippen LogP contribution in [-0.2, 0) is 17.7 Å². The molecular formula is C15H24N2O. The van der Waals surface area contributed by atoms with Gasteiger partial charge in [0.1, 0.15) is 0 Å². The van der Waals surface area contributed by atoms with E-state index < -0.39 is 0 Å². The van der Waals surface area contributed by atoms with E-state index in [1.807, 2.05) is 0 Å². The summed E-state index contributed by atoms with van der Waals surface area (Å²) in [5.41, 5.74) is 4.14. The standard InChI is InChI=1S/C15H24N2O/c1-12(2)18-9-8-17(3)11-13-4-5-14-6-7-16-15(14)10-13/h4-5,10,12,16H,6-9,11H2,1-3H3. The lowest BCUT2D eigenvalue weighted by atomic mass is 10.1. The van der Waals surface area contributed by atoms with Gasteiger partial charge in [-0.3, -0.25) is 4.90 Å². The molecule has 0 saturated heterocycles. The van der Waals surface area contributed by atoms with Crippen molar-refractivity contribution in [3.05, 3.63) is 29.3 Å². The zero-order valence-corrected chi connectivity index (χ0v) is 11.7. The molecule has 0 saturated carbocycles. The van der Waals surface area contributed by atoms with Crippen LogP contribution in [0.15, 0.2) is 18.2 Å². The highest BCUT2D eigenvalue weighted by Gasteiger charge is 2.10. The molecule has 1 aromatic carbocycles. The molecule has 2 rings (SSSR count). The van der Waals surface area contributed by atoms with Crippen molar-refractivity contribution in [3.63, 3.8) is 0 Å². The van der Waals surface area contributed by atoms with E-state index in [-0.39, 0.29) is 0 Å². The lowest BCUT2D eigenvalue weighted by Crippen LogP contribution is -2.24. The highest BCUT2D eigenvalue weighted by molar-refractivity contribution is 5.56. The predicted octanol–water partition coefficient (Wildman–Crippen LogP) is 2.51. The molecule has 1 aliphatic heterocycles. The van der Waals surface area contributed by atoms with Gasteiger partial charge in [-0.05, 0) is 44.5 Å². The van der Waals surface area contributed by atoms with E-state index in [0.717, 1.165) is 32.7 Å². The highest BCUT2D eigenvalue weighted by atomic mass is 16.5. The Kier molecular flexibility index (Phi) is 4.61. The zero-order chi connectivity index (χ0) is 13.0. The first-order valence-corrected chi connectivity index (χ1v) is 6.81. The normalized spacial score (nSPS) is 14.1. The summed E-state index contributed by atoms with van der Waals surface area (Å²) in [6, 6.07) is 6.77. The maximum absolute atomic E-state index is 5.57. The Morgan fingerprint density at radius 3 is 3.00 bits per heavy atom. The Bertz CT molecular complexity index is 390. The molecule has 100 valence electrons. The average Bonchev–Trinajstić information content (AvgIpc) is 2.75. The van der Waals surface area contributed by atoms with Gasteiger partial charge in [-0.25, -0.2) is 0 Å². The molecule has 1 aliphatic rings. The summed E-state index contributed by atoms with van der Waals surface area (Å²) in [6.07, 6.45) is 1.48. The minimum atomic E-state index is 0.322. The molecule has 0 bridgehead atoms. The molecule has 3 nitrogen and oxygen atoms in total. The molecule has 0 spiro atoms. The van der Waals surface area contributed by atoms with Gasteiger partial charge in [-0.2, -0.15) is 0 Å². The highest BCUT2D eigenvalue weighted by Crippen LogP contribution is 2.23. The Morgan fingerprint density at radius 2 is 2.22 bits per heavy atom. The van der Waals surface area contributed by atoms with Gasteiger partial charge < -0.3 is 10.1 Å². The molecule has 0 aliphatic carbocycles. The minimum absolute atomic E-state index is 0.322. The Morgan fingerprint density at radius 1 is 1.39 bits per heavy atom. The van der Waals surface area contributed by atoms with Gasteiger partial charge in [-0.15, -0.1) is 0 Å².